The van der Waals surface area contributed by atoms with Gasteiger partial charge < -0.3 is 4.52 Å². The summed E-state index contributed by atoms with van der Waals surface area (Å²) in [6, 6.07) is 3.16. The van der Waals surface area contributed by atoms with Crippen molar-refractivity contribution in [3.8, 4) is 0 Å². The van der Waals surface area contributed by atoms with Crippen LogP contribution in [0.2, 0.25) is 4.34 Å². The van der Waals surface area contributed by atoms with E-state index in [4.69, 9.17) is 16.1 Å². The molecule has 0 aromatic carbocycles. The zero-order valence-corrected chi connectivity index (χ0v) is 14.3. The van der Waals surface area contributed by atoms with Crippen molar-refractivity contribution in [3.05, 3.63) is 28.2 Å². The maximum Gasteiger partial charge on any atom is 0.252 e. The molecule has 0 unspecified atom stereocenters. The summed E-state index contributed by atoms with van der Waals surface area (Å²) < 4.78 is 32.3. The lowest BCUT2D eigenvalue weighted by Crippen LogP contribution is -2.48. The molecule has 2 aromatic heterocycles. The maximum absolute atomic E-state index is 12.5. The zero-order valence-electron chi connectivity index (χ0n) is 11.9. The third kappa shape index (κ3) is 3.33. The first-order valence-electron chi connectivity index (χ1n) is 6.72. The molecule has 3 heterocycles. The third-order valence-corrected chi connectivity index (χ3v) is 7.00. The second-order valence-electron chi connectivity index (χ2n) is 4.97. The molecular weight excluding hydrogens is 348 g/mol. The number of halogens is 1. The summed E-state index contributed by atoms with van der Waals surface area (Å²) in [5, 5.41) is 3.75. The van der Waals surface area contributed by atoms with Crippen LogP contribution in [0.25, 0.3) is 0 Å². The van der Waals surface area contributed by atoms with Gasteiger partial charge in [0.15, 0.2) is 5.82 Å². The van der Waals surface area contributed by atoms with Gasteiger partial charge in [0.2, 0.25) is 5.89 Å². The highest BCUT2D eigenvalue weighted by molar-refractivity contribution is 7.91. The standard InChI is InChI=1S/C12H15ClN4O3S2/c1-9-14-11(20-15-9)8-16-4-6-17(7-5-16)22(18,19)12-3-2-10(13)21-12/h2-3H,4-8H2,1H3. The molecule has 3 rings (SSSR count). The van der Waals surface area contributed by atoms with E-state index in [9.17, 15) is 8.42 Å². The SMILES string of the molecule is Cc1noc(CN2CCN(S(=O)(=O)c3ccc(Cl)s3)CC2)n1. The van der Waals surface area contributed by atoms with E-state index < -0.39 is 10.0 Å². The van der Waals surface area contributed by atoms with Gasteiger partial charge >= 0.3 is 0 Å². The Bertz CT molecular complexity index is 750. The molecule has 0 N–H and O–H groups in total. The summed E-state index contributed by atoms with van der Waals surface area (Å²) in [7, 11) is -3.44. The number of rotatable bonds is 4. The Hall–Kier alpha value is -1.00. The molecule has 0 bridgehead atoms. The van der Waals surface area contributed by atoms with Gasteiger partial charge in [-0.3, -0.25) is 4.90 Å². The molecule has 0 spiro atoms. The van der Waals surface area contributed by atoms with Crippen molar-refractivity contribution in [2.45, 2.75) is 17.7 Å². The third-order valence-electron chi connectivity index (χ3n) is 3.40. The van der Waals surface area contributed by atoms with Crippen LogP contribution >= 0.6 is 22.9 Å². The molecule has 0 amide bonds. The lowest BCUT2D eigenvalue weighted by Gasteiger charge is -2.32. The first-order chi connectivity index (χ1) is 10.4. The molecule has 120 valence electrons. The fourth-order valence-electron chi connectivity index (χ4n) is 2.29. The average Bonchev–Trinajstić information content (AvgIpc) is 3.09. The van der Waals surface area contributed by atoms with E-state index in [2.05, 4.69) is 15.0 Å². The van der Waals surface area contributed by atoms with Crippen LogP contribution < -0.4 is 0 Å². The summed E-state index contributed by atoms with van der Waals surface area (Å²) in [4.78, 5) is 6.26. The fourth-order valence-corrected chi connectivity index (χ4v) is 5.35. The second-order valence-corrected chi connectivity index (χ2v) is 8.85. The fraction of sp³-hybridized carbons (Fsp3) is 0.500. The average molecular weight is 363 g/mol. The minimum absolute atomic E-state index is 0.290. The summed E-state index contributed by atoms with van der Waals surface area (Å²) in [5.74, 6) is 1.16. The number of hydrogen-bond acceptors (Lipinski definition) is 7. The van der Waals surface area contributed by atoms with E-state index in [1.807, 2.05) is 0 Å². The van der Waals surface area contributed by atoms with Crippen molar-refractivity contribution in [3.63, 3.8) is 0 Å². The molecule has 7 nitrogen and oxygen atoms in total. The van der Waals surface area contributed by atoms with Crippen molar-refractivity contribution in [1.29, 1.82) is 0 Å². The van der Waals surface area contributed by atoms with Gasteiger partial charge in [-0.15, -0.1) is 11.3 Å². The molecule has 1 aliphatic heterocycles. The van der Waals surface area contributed by atoms with Crippen molar-refractivity contribution < 1.29 is 12.9 Å². The lowest BCUT2D eigenvalue weighted by atomic mass is 10.3. The highest BCUT2D eigenvalue weighted by Gasteiger charge is 2.30. The quantitative estimate of drug-likeness (QED) is 0.821. The monoisotopic (exact) mass is 362 g/mol. The van der Waals surface area contributed by atoms with E-state index in [0.717, 1.165) is 11.3 Å². The Morgan fingerprint density at radius 2 is 2.05 bits per heavy atom. The number of nitrogens with zero attached hydrogens (tertiary/aromatic N) is 4. The molecule has 1 fully saturated rings. The molecule has 22 heavy (non-hydrogen) atoms. The summed E-state index contributed by atoms with van der Waals surface area (Å²) in [5.41, 5.74) is 0. The van der Waals surface area contributed by atoms with Crippen molar-refractivity contribution >= 4 is 33.0 Å². The molecule has 1 saturated heterocycles. The highest BCUT2D eigenvalue weighted by Crippen LogP contribution is 2.28. The predicted molar refractivity (Wildman–Crippen MR) is 82.4 cm³/mol. The summed E-state index contributed by atoms with van der Waals surface area (Å²) in [6.45, 7) is 4.43. The molecule has 0 radical (unpaired) electrons. The smallest absolute Gasteiger partial charge is 0.252 e. The number of aryl methyl sites for hydroxylation is 1. The Kier molecular flexibility index (Phi) is 4.51. The minimum atomic E-state index is -3.44. The van der Waals surface area contributed by atoms with Crippen LogP contribution in [0.5, 0.6) is 0 Å². The van der Waals surface area contributed by atoms with Gasteiger partial charge in [0, 0.05) is 26.2 Å². The van der Waals surface area contributed by atoms with Crippen LogP contribution in [0, 0.1) is 6.92 Å². The summed E-state index contributed by atoms with van der Waals surface area (Å²) in [6.07, 6.45) is 0. The van der Waals surface area contributed by atoms with Gasteiger partial charge in [-0.25, -0.2) is 8.42 Å². The van der Waals surface area contributed by atoms with Crippen LogP contribution in [0.1, 0.15) is 11.7 Å². The molecule has 0 atom stereocenters. The van der Waals surface area contributed by atoms with Gasteiger partial charge in [0.25, 0.3) is 10.0 Å². The first-order valence-corrected chi connectivity index (χ1v) is 9.35. The van der Waals surface area contributed by atoms with Gasteiger partial charge in [-0.1, -0.05) is 16.8 Å². The predicted octanol–water partition coefficient (Wildman–Crippen LogP) is 1.60. The van der Waals surface area contributed by atoms with Crippen LogP contribution in [0.3, 0.4) is 0 Å². The molecule has 2 aromatic rings. The Balaban J connectivity index is 1.61. The van der Waals surface area contributed by atoms with Gasteiger partial charge in [0.1, 0.15) is 4.21 Å². The Morgan fingerprint density at radius 1 is 1.32 bits per heavy atom. The Morgan fingerprint density at radius 3 is 2.59 bits per heavy atom. The number of aromatic nitrogens is 2. The lowest BCUT2D eigenvalue weighted by molar-refractivity contribution is 0.163. The number of thiophene rings is 1. The van der Waals surface area contributed by atoms with E-state index >= 15 is 0 Å². The van der Waals surface area contributed by atoms with Crippen LogP contribution in [-0.4, -0.2) is 53.9 Å². The van der Waals surface area contributed by atoms with Gasteiger partial charge in [0.05, 0.1) is 10.9 Å². The van der Waals surface area contributed by atoms with E-state index in [0.29, 0.717) is 53.0 Å². The summed E-state index contributed by atoms with van der Waals surface area (Å²) >= 11 is 6.91. The van der Waals surface area contributed by atoms with Crippen molar-refractivity contribution in [2.24, 2.45) is 0 Å². The molecule has 0 saturated carbocycles. The number of piperazine rings is 1. The normalized spacial score (nSPS) is 17.9. The Labute approximate surface area is 137 Å². The number of sulfonamides is 1. The number of hydrogen-bond donors (Lipinski definition) is 0. The van der Waals surface area contributed by atoms with E-state index in [1.54, 1.807) is 19.1 Å². The molecule has 1 aliphatic rings. The van der Waals surface area contributed by atoms with E-state index in [-0.39, 0.29) is 0 Å². The van der Waals surface area contributed by atoms with Crippen LogP contribution in [0.15, 0.2) is 20.9 Å². The van der Waals surface area contributed by atoms with Gasteiger partial charge in [-0.05, 0) is 19.1 Å². The zero-order chi connectivity index (χ0) is 15.7. The topological polar surface area (TPSA) is 79.5 Å². The second kappa shape index (κ2) is 6.25. The molecule has 0 aliphatic carbocycles. The minimum Gasteiger partial charge on any atom is -0.338 e. The molecule has 10 heteroatoms. The van der Waals surface area contributed by atoms with Crippen molar-refractivity contribution in [1.82, 2.24) is 19.3 Å². The van der Waals surface area contributed by atoms with Crippen LogP contribution in [-0.2, 0) is 16.6 Å². The van der Waals surface area contributed by atoms with E-state index in [1.165, 1.54) is 4.31 Å². The molecular formula is C12H15ClN4O3S2. The van der Waals surface area contributed by atoms with Crippen molar-refractivity contribution in [2.75, 3.05) is 26.2 Å². The largest absolute Gasteiger partial charge is 0.338 e. The maximum atomic E-state index is 12.5. The van der Waals surface area contributed by atoms with Gasteiger partial charge in [-0.2, -0.15) is 9.29 Å². The first kappa shape index (κ1) is 15.9. The van der Waals surface area contributed by atoms with Crippen LogP contribution in [0.4, 0.5) is 0 Å². The highest BCUT2D eigenvalue weighted by atomic mass is 35.5.